The van der Waals surface area contributed by atoms with E-state index >= 15 is 0 Å². The number of aliphatic carboxylic acids is 1. The lowest BCUT2D eigenvalue weighted by Crippen LogP contribution is -2.57. The molecule has 33 heavy (non-hydrogen) atoms. The molecular weight excluding hydrogens is 436 g/mol. The van der Waals surface area contributed by atoms with Gasteiger partial charge < -0.3 is 37.8 Å². The van der Waals surface area contributed by atoms with E-state index in [4.69, 9.17) is 11.5 Å². The molecule has 0 aromatic carbocycles. The first kappa shape index (κ1) is 27.8. The van der Waals surface area contributed by atoms with Crippen LogP contribution in [0.4, 0.5) is 0 Å². The lowest BCUT2D eigenvalue weighted by atomic mass is 10.0. The van der Waals surface area contributed by atoms with Gasteiger partial charge in [-0.1, -0.05) is 13.8 Å². The quantitative estimate of drug-likeness (QED) is 0.143. The van der Waals surface area contributed by atoms with E-state index in [9.17, 15) is 33.9 Å². The molecule has 0 aromatic rings. The highest BCUT2D eigenvalue weighted by atomic mass is 16.4. The predicted molar refractivity (Wildman–Crippen MR) is 116 cm³/mol. The van der Waals surface area contributed by atoms with Crippen LogP contribution >= 0.6 is 0 Å². The fraction of sp³-hybridized carbons (Fsp3) is 0.700. The standard InChI is InChI=1S/C20H34N6O7/c1-10(2)8-13(19(31)26-14(20(32)33)9-16(22)28)25-18(30)12(5-6-15(21)27)24-17(29)11-4-3-7-23-11/h10-14,23H,3-9H2,1-2H3,(H2,21,27)(H2,22,28)(H,24,29)(H,25,30)(H,26,31)(H,32,33). The lowest BCUT2D eigenvalue weighted by Gasteiger charge is -2.26. The van der Waals surface area contributed by atoms with Gasteiger partial charge in [-0.05, 0) is 38.1 Å². The number of carboxylic acid groups (broad SMARTS) is 1. The van der Waals surface area contributed by atoms with Crippen molar-refractivity contribution in [3.63, 3.8) is 0 Å². The Morgan fingerprint density at radius 2 is 1.55 bits per heavy atom. The Hall–Kier alpha value is -3.22. The van der Waals surface area contributed by atoms with E-state index in [1.165, 1.54) is 0 Å². The van der Waals surface area contributed by atoms with Crippen molar-refractivity contribution in [3.8, 4) is 0 Å². The molecule has 0 aromatic heterocycles. The van der Waals surface area contributed by atoms with Crippen molar-refractivity contribution in [1.29, 1.82) is 0 Å². The molecule has 186 valence electrons. The lowest BCUT2D eigenvalue weighted by molar-refractivity contribution is -0.144. The van der Waals surface area contributed by atoms with Crippen LogP contribution in [0, 0.1) is 5.92 Å². The Morgan fingerprint density at radius 1 is 0.939 bits per heavy atom. The van der Waals surface area contributed by atoms with Gasteiger partial charge in [0.1, 0.15) is 18.1 Å². The molecule has 0 saturated carbocycles. The smallest absolute Gasteiger partial charge is 0.326 e. The molecule has 0 bridgehead atoms. The van der Waals surface area contributed by atoms with Gasteiger partial charge in [-0.25, -0.2) is 4.79 Å². The third-order valence-corrected chi connectivity index (χ3v) is 5.05. The molecule has 0 radical (unpaired) electrons. The molecule has 4 atom stereocenters. The number of nitrogens with two attached hydrogens (primary N) is 2. The first-order valence-electron chi connectivity index (χ1n) is 10.8. The zero-order valence-electron chi connectivity index (χ0n) is 18.9. The largest absolute Gasteiger partial charge is 0.480 e. The van der Waals surface area contributed by atoms with Crippen molar-refractivity contribution >= 4 is 35.5 Å². The van der Waals surface area contributed by atoms with E-state index < -0.39 is 66.1 Å². The summed E-state index contributed by atoms with van der Waals surface area (Å²) in [5, 5.41) is 19.5. The van der Waals surface area contributed by atoms with E-state index in [1.54, 1.807) is 13.8 Å². The van der Waals surface area contributed by atoms with Crippen molar-refractivity contribution < 1.29 is 33.9 Å². The SMILES string of the molecule is CC(C)CC(NC(=O)C(CCC(N)=O)NC(=O)C1CCCN1)C(=O)NC(CC(N)=O)C(=O)O. The summed E-state index contributed by atoms with van der Waals surface area (Å²) in [6, 6.07) is -4.30. The summed E-state index contributed by atoms with van der Waals surface area (Å²) in [4.78, 5) is 71.8. The zero-order valence-corrected chi connectivity index (χ0v) is 18.9. The van der Waals surface area contributed by atoms with Gasteiger partial charge >= 0.3 is 5.97 Å². The Labute approximate surface area is 191 Å². The topological polar surface area (TPSA) is 223 Å². The molecule has 5 amide bonds. The van der Waals surface area contributed by atoms with Gasteiger partial charge in [-0.2, -0.15) is 0 Å². The minimum atomic E-state index is -1.56. The van der Waals surface area contributed by atoms with Crippen LogP contribution in [0.3, 0.4) is 0 Å². The highest BCUT2D eigenvalue weighted by molar-refractivity contribution is 5.95. The molecule has 1 heterocycles. The van der Waals surface area contributed by atoms with Crippen LogP contribution in [-0.4, -0.2) is 71.3 Å². The molecule has 0 aliphatic carbocycles. The van der Waals surface area contributed by atoms with Gasteiger partial charge in [0.2, 0.25) is 29.5 Å². The van der Waals surface area contributed by atoms with E-state index in [0.717, 1.165) is 6.42 Å². The molecule has 13 heteroatoms. The number of carbonyl (C=O) groups is 6. The molecule has 4 unspecified atom stereocenters. The van der Waals surface area contributed by atoms with Crippen LogP contribution < -0.4 is 32.7 Å². The second kappa shape index (κ2) is 13.4. The second-order valence-corrected chi connectivity index (χ2v) is 8.48. The van der Waals surface area contributed by atoms with Gasteiger partial charge in [0, 0.05) is 6.42 Å². The summed E-state index contributed by atoms with van der Waals surface area (Å²) in [5.74, 6) is -5.04. The van der Waals surface area contributed by atoms with Gasteiger partial charge in [0.25, 0.3) is 0 Å². The molecule has 1 aliphatic rings. The third kappa shape index (κ3) is 10.3. The number of hydrogen-bond donors (Lipinski definition) is 7. The van der Waals surface area contributed by atoms with Crippen LogP contribution in [0.5, 0.6) is 0 Å². The van der Waals surface area contributed by atoms with Crippen LogP contribution in [0.2, 0.25) is 0 Å². The number of primary amides is 2. The van der Waals surface area contributed by atoms with Crippen LogP contribution in [0.25, 0.3) is 0 Å². The highest BCUT2D eigenvalue weighted by Crippen LogP contribution is 2.09. The van der Waals surface area contributed by atoms with Crippen LogP contribution in [0.15, 0.2) is 0 Å². The maximum atomic E-state index is 12.9. The normalized spacial score (nSPS) is 18.1. The predicted octanol–water partition coefficient (Wildman–Crippen LogP) is -2.54. The van der Waals surface area contributed by atoms with E-state index in [-0.39, 0.29) is 25.2 Å². The fourth-order valence-electron chi connectivity index (χ4n) is 3.38. The Bertz CT molecular complexity index is 751. The zero-order chi connectivity index (χ0) is 25.1. The summed E-state index contributed by atoms with van der Waals surface area (Å²) in [7, 11) is 0. The highest BCUT2D eigenvalue weighted by Gasteiger charge is 2.32. The summed E-state index contributed by atoms with van der Waals surface area (Å²) in [6.45, 7) is 4.26. The summed E-state index contributed by atoms with van der Waals surface area (Å²) < 4.78 is 0. The van der Waals surface area contributed by atoms with Crippen molar-refractivity contribution in [2.75, 3.05) is 6.54 Å². The number of carboxylic acids is 1. The Balaban J connectivity index is 2.95. The van der Waals surface area contributed by atoms with E-state index in [1.807, 2.05) is 0 Å². The maximum Gasteiger partial charge on any atom is 0.326 e. The maximum absolute atomic E-state index is 12.9. The first-order valence-corrected chi connectivity index (χ1v) is 10.8. The van der Waals surface area contributed by atoms with Gasteiger partial charge in [0.15, 0.2) is 0 Å². The van der Waals surface area contributed by atoms with Gasteiger partial charge in [0.05, 0.1) is 12.5 Å². The number of nitrogens with one attached hydrogen (secondary N) is 4. The second-order valence-electron chi connectivity index (χ2n) is 8.48. The molecule has 13 nitrogen and oxygen atoms in total. The van der Waals surface area contributed by atoms with Gasteiger partial charge in [-0.3, -0.25) is 24.0 Å². The number of rotatable bonds is 14. The monoisotopic (exact) mass is 470 g/mol. The minimum Gasteiger partial charge on any atom is -0.480 e. The van der Waals surface area contributed by atoms with Crippen molar-refractivity contribution in [2.45, 2.75) is 76.5 Å². The molecule has 1 rings (SSSR count). The third-order valence-electron chi connectivity index (χ3n) is 5.05. The average molecular weight is 471 g/mol. The molecule has 9 N–H and O–H groups in total. The van der Waals surface area contributed by atoms with Crippen molar-refractivity contribution in [2.24, 2.45) is 17.4 Å². The Kier molecular flexibility index (Phi) is 11.3. The molecule has 1 aliphatic heterocycles. The number of amides is 5. The van der Waals surface area contributed by atoms with E-state index in [0.29, 0.717) is 13.0 Å². The number of carbonyl (C=O) groups excluding carboxylic acids is 5. The van der Waals surface area contributed by atoms with Crippen LogP contribution in [-0.2, 0) is 28.8 Å². The average Bonchev–Trinajstić information content (AvgIpc) is 3.23. The molecular formula is C20H34N6O7. The van der Waals surface area contributed by atoms with E-state index in [2.05, 4.69) is 21.3 Å². The molecule has 0 spiro atoms. The number of hydrogen-bond acceptors (Lipinski definition) is 7. The van der Waals surface area contributed by atoms with Gasteiger partial charge in [-0.15, -0.1) is 0 Å². The van der Waals surface area contributed by atoms with Crippen molar-refractivity contribution in [3.05, 3.63) is 0 Å². The molecule has 1 fully saturated rings. The summed E-state index contributed by atoms with van der Waals surface area (Å²) in [6.07, 6.45) is 0.705. The summed E-state index contributed by atoms with van der Waals surface area (Å²) in [5.41, 5.74) is 10.2. The fourth-order valence-corrected chi connectivity index (χ4v) is 3.38. The minimum absolute atomic E-state index is 0.0678. The summed E-state index contributed by atoms with van der Waals surface area (Å²) >= 11 is 0. The Morgan fingerprint density at radius 3 is 2.03 bits per heavy atom. The molecule has 1 saturated heterocycles. The van der Waals surface area contributed by atoms with Crippen LogP contribution in [0.1, 0.15) is 52.4 Å². The van der Waals surface area contributed by atoms with Crippen molar-refractivity contribution in [1.82, 2.24) is 21.3 Å². The first-order chi connectivity index (χ1) is 15.4.